The third kappa shape index (κ3) is 3.11. The van der Waals surface area contributed by atoms with E-state index in [1.54, 1.807) is 13.0 Å². The lowest BCUT2D eigenvalue weighted by Crippen LogP contribution is -2.06. The van der Waals surface area contributed by atoms with E-state index in [1.165, 1.54) is 6.07 Å². The summed E-state index contributed by atoms with van der Waals surface area (Å²) in [5.74, 6) is -2.60. The van der Waals surface area contributed by atoms with E-state index in [9.17, 15) is 13.6 Å². The molecule has 0 aromatic heterocycles. The van der Waals surface area contributed by atoms with Gasteiger partial charge in [-0.25, -0.2) is 13.6 Å². The van der Waals surface area contributed by atoms with E-state index in [-0.39, 0.29) is 6.61 Å². The number of hydrogen-bond donors (Lipinski definition) is 0. The Bertz CT molecular complexity index is 483. The number of carbonyl (C=O) groups excluding carboxylic acids is 1. The van der Waals surface area contributed by atoms with Crippen LogP contribution in [0.5, 0.6) is 0 Å². The Morgan fingerprint density at radius 2 is 2.06 bits per heavy atom. The average Bonchev–Trinajstić information content (AvgIpc) is 2.29. The van der Waals surface area contributed by atoms with Gasteiger partial charge in [0.2, 0.25) is 0 Å². The van der Waals surface area contributed by atoms with Gasteiger partial charge in [0.15, 0.2) is 0 Å². The molecule has 0 fully saturated rings. The number of halogens is 2. The van der Waals surface area contributed by atoms with Crippen LogP contribution in [-0.4, -0.2) is 12.6 Å². The van der Waals surface area contributed by atoms with Crippen molar-refractivity contribution < 1.29 is 18.3 Å². The number of benzene rings is 1. The molecule has 0 amide bonds. The lowest BCUT2D eigenvalue weighted by atomic mass is 10.1. The molecule has 0 radical (unpaired) electrons. The predicted octanol–water partition coefficient (Wildman–Crippen LogP) is 2.43. The molecule has 0 aliphatic heterocycles. The van der Waals surface area contributed by atoms with E-state index in [0.29, 0.717) is 0 Å². The first-order valence-electron chi connectivity index (χ1n) is 4.83. The van der Waals surface area contributed by atoms with Crippen molar-refractivity contribution in [1.29, 1.82) is 5.26 Å². The van der Waals surface area contributed by atoms with Crippen LogP contribution in [0.25, 0.3) is 6.08 Å². The minimum absolute atomic E-state index is 0.0810. The van der Waals surface area contributed by atoms with E-state index in [4.69, 9.17) is 5.26 Å². The molecule has 1 aromatic carbocycles. The maximum atomic E-state index is 13.3. The van der Waals surface area contributed by atoms with Crippen molar-refractivity contribution in [3.05, 3.63) is 41.0 Å². The maximum absolute atomic E-state index is 13.3. The molecule has 3 nitrogen and oxygen atoms in total. The fraction of sp³-hybridized carbons (Fsp3) is 0.167. The van der Waals surface area contributed by atoms with Crippen molar-refractivity contribution in [2.45, 2.75) is 6.92 Å². The highest BCUT2D eigenvalue weighted by molar-refractivity contribution is 5.97. The van der Waals surface area contributed by atoms with Gasteiger partial charge in [-0.2, -0.15) is 5.26 Å². The van der Waals surface area contributed by atoms with Gasteiger partial charge in [-0.05, 0) is 25.1 Å². The van der Waals surface area contributed by atoms with Gasteiger partial charge in [-0.1, -0.05) is 6.07 Å². The standard InChI is InChI=1S/C12H9F2NO2/c1-2-17-12(16)8(7-15)6-9-10(13)4-3-5-11(9)14/h3-6H,2H2,1H3/b8-6+. The van der Waals surface area contributed by atoms with Crippen molar-refractivity contribution in [2.24, 2.45) is 0 Å². The number of ether oxygens (including phenoxy) is 1. The smallest absolute Gasteiger partial charge is 0.348 e. The monoisotopic (exact) mass is 237 g/mol. The summed E-state index contributed by atoms with van der Waals surface area (Å²) in [4.78, 5) is 11.2. The summed E-state index contributed by atoms with van der Waals surface area (Å²) in [5, 5.41) is 8.70. The zero-order chi connectivity index (χ0) is 12.8. The number of rotatable bonds is 3. The Labute approximate surface area is 96.9 Å². The van der Waals surface area contributed by atoms with Crippen molar-refractivity contribution in [3.63, 3.8) is 0 Å². The molecule has 1 rings (SSSR count). The van der Waals surface area contributed by atoms with Crippen LogP contribution in [0, 0.1) is 23.0 Å². The summed E-state index contributed by atoms with van der Waals surface area (Å²) in [6.45, 7) is 1.65. The second kappa shape index (κ2) is 5.75. The highest BCUT2D eigenvalue weighted by atomic mass is 19.1. The van der Waals surface area contributed by atoms with Crippen LogP contribution >= 0.6 is 0 Å². The zero-order valence-corrected chi connectivity index (χ0v) is 9.04. The molecule has 0 aliphatic rings. The molecular weight excluding hydrogens is 228 g/mol. The minimum Gasteiger partial charge on any atom is -0.462 e. The number of carbonyl (C=O) groups is 1. The van der Waals surface area contributed by atoms with Gasteiger partial charge in [-0.3, -0.25) is 0 Å². The van der Waals surface area contributed by atoms with Gasteiger partial charge in [0, 0.05) is 5.56 Å². The van der Waals surface area contributed by atoms with Gasteiger partial charge in [0.05, 0.1) is 6.61 Å². The van der Waals surface area contributed by atoms with Crippen LogP contribution in [-0.2, 0) is 9.53 Å². The third-order valence-corrected chi connectivity index (χ3v) is 1.90. The molecule has 0 N–H and O–H groups in total. The summed E-state index contributed by atoms with van der Waals surface area (Å²) in [6, 6.07) is 4.81. The zero-order valence-electron chi connectivity index (χ0n) is 9.04. The number of esters is 1. The fourth-order valence-electron chi connectivity index (χ4n) is 1.14. The SMILES string of the molecule is CCOC(=O)/C(C#N)=C/c1c(F)cccc1F. The number of nitriles is 1. The first-order valence-corrected chi connectivity index (χ1v) is 4.83. The van der Waals surface area contributed by atoms with Crippen LogP contribution < -0.4 is 0 Å². The molecule has 0 spiro atoms. The Morgan fingerprint density at radius 1 is 1.47 bits per heavy atom. The Morgan fingerprint density at radius 3 is 2.53 bits per heavy atom. The summed E-state index contributed by atoms with van der Waals surface area (Å²) < 4.78 is 31.1. The van der Waals surface area contributed by atoms with Crippen molar-refractivity contribution in [1.82, 2.24) is 0 Å². The topological polar surface area (TPSA) is 50.1 Å². The van der Waals surface area contributed by atoms with E-state index in [1.807, 2.05) is 0 Å². The van der Waals surface area contributed by atoms with Gasteiger partial charge in [0.25, 0.3) is 0 Å². The van der Waals surface area contributed by atoms with E-state index in [0.717, 1.165) is 18.2 Å². The number of nitrogens with zero attached hydrogens (tertiary/aromatic N) is 1. The summed E-state index contributed by atoms with van der Waals surface area (Å²) in [7, 11) is 0. The molecule has 88 valence electrons. The lowest BCUT2D eigenvalue weighted by molar-refractivity contribution is -0.137. The minimum atomic E-state index is -0.905. The third-order valence-electron chi connectivity index (χ3n) is 1.90. The molecule has 5 heteroatoms. The van der Waals surface area contributed by atoms with E-state index in [2.05, 4.69) is 4.74 Å². The van der Waals surface area contributed by atoms with Crippen LogP contribution in [0.15, 0.2) is 23.8 Å². The van der Waals surface area contributed by atoms with Crippen LogP contribution in [0.4, 0.5) is 8.78 Å². The molecule has 0 atom stereocenters. The van der Waals surface area contributed by atoms with Crippen molar-refractivity contribution in [3.8, 4) is 6.07 Å². The Balaban J connectivity index is 3.16. The average molecular weight is 237 g/mol. The molecule has 0 unspecified atom stereocenters. The molecule has 0 saturated heterocycles. The molecule has 17 heavy (non-hydrogen) atoms. The Hall–Kier alpha value is -2.22. The summed E-state index contributed by atoms with van der Waals surface area (Å²) >= 11 is 0. The molecule has 0 aliphatic carbocycles. The second-order valence-corrected chi connectivity index (χ2v) is 3.03. The first kappa shape index (κ1) is 12.8. The normalized spacial score (nSPS) is 10.8. The van der Waals surface area contributed by atoms with Crippen molar-refractivity contribution in [2.75, 3.05) is 6.61 Å². The van der Waals surface area contributed by atoms with Crippen LogP contribution in [0.1, 0.15) is 12.5 Å². The summed E-state index contributed by atoms with van der Waals surface area (Å²) in [6.07, 6.45) is 0.836. The Kier molecular flexibility index (Phi) is 4.35. The molecule has 0 saturated carbocycles. The summed E-state index contributed by atoms with van der Waals surface area (Å²) in [5.41, 5.74) is -0.882. The van der Waals surface area contributed by atoms with Crippen LogP contribution in [0.2, 0.25) is 0 Å². The molecular formula is C12H9F2NO2. The van der Waals surface area contributed by atoms with E-state index < -0.39 is 28.7 Å². The van der Waals surface area contributed by atoms with Crippen molar-refractivity contribution >= 4 is 12.0 Å². The number of hydrogen-bond acceptors (Lipinski definition) is 3. The maximum Gasteiger partial charge on any atom is 0.348 e. The first-order chi connectivity index (χ1) is 8.10. The molecule has 0 heterocycles. The van der Waals surface area contributed by atoms with Gasteiger partial charge in [0.1, 0.15) is 23.3 Å². The second-order valence-electron chi connectivity index (χ2n) is 3.03. The van der Waals surface area contributed by atoms with E-state index >= 15 is 0 Å². The molecule has 0 bridgehead atoms. The largest absolute Gasteiger partial charge is 0.462 e. The predicted molar refractivity (Wildman–Crippen MR) is 56.6 cm³/mol. The lowest BCUT2D eigenvalue weighted by Gasteiger charge is -2.01. The highest BCUT2D eigenvalue weighted by Crippen LogP contribution is 2.16. The quantitative estimate of drug-likeness (QED) is 0.461. The molecule has 1 aromatic rings. The van der Waals surface area contributed by atoms with Gasteiger partial charge in [-0.15, -0.1) is 0 Å². The van der Waals surface area contributed by atoms with Gasteiger partial charge < -0.3 is 4.74 Å². The highest BCUT2D eigenvalue weighted by Gasteiger charge is 2.13. The van der Waals surface area contributed by atoms with Crippen LogP contribution in [0.3, 0.4) is 0 Å². The fourth-order valence-corrected chi connectivity index (χ4v) is 1.14. The van der Waals surface area contributed by atoms with Gasteiger partial charge >= 0.3 is 5.97 Å².